The first kappa shape index (κ1) is 19.5. The maximum absolute atomic E-state index is 12.9. The predicted octanol–water partition coefficient (Wildman–Crippen LogP) is 4.40. The summed E-state index contributed by atoms with van der Waals surface area (Å²) in [6.45, 7) is 7.18. The van der Waals surface area contributed by atoms with Crippen LogP contribution in [0.15, 0.2) is 47.8 Å². The van der Waals surface area contributed by atoms with E-state index in [4.69, 9.17) is 4.74 Å². The average molecular weight is 408 g/mol. The fourth-order valence-corrected chi connectivity index (χ4v) is 4.56. The van der Waals surface area contributed by atoms with E-state index in [1.807, 2.05) is 22.4 Å². The Hall–Kier alpha value is -2.86. The van der Waals surface area contributed by atoms with Crippen molar-refractivity contribution in [3.8, 4) is 16.3 Å². The van der Waals surface area contributed by atoms with Gasteiger partial charge in [-0.25, -0.2) is 4.98 Å². The molecular formula is C23H25N3O2S. The number of carbonyl (C=O) groups excluding carboxylic acids is 1. The van der Waals surface area contributed by atoms with Crippen LogP contribution in [0.1, 0.15) is 21.6 Å². The van der Waals surface area contributed by atoms with Crippen molar-refractivity contribution in [1.82, 2.24) is 9.88 Å². The second-order valence-electron chi connectivity index (χ2n) is 7.33. The van der Waals surface area contributed by atoms with Crippen LogP contribution in [0.25, 0.3) is 10.6 Å². The molecule has 0 radical (unpaired) electrons. The lowest BCUT2D eigenvalue weighted by atomic mass is 10.1. The first-order valence-electron chi connectivity index (χ1n) is 9.76. The maximum Gasteiger partial charge on any atom is 0.273 e. The molecule has 1 amide bonds. The van der Waals surface area contributed by atoms with Crippen LogP contribution >= 0.6 is 11.3 Å². The molecule has 4 rings (SSSR count). The number of carbonyl (C=O) groups is 1. The van der Waals surface area contributed by atoms with Gasteiger partial charge in [0.15, 0.2) is 0 Å². The summed E-state index contributed by atoms with van der Waals surface area (Å²) in [6, 6.07) is 14.4. The molecule has 0 spiro atoms. The molecule has 1 aliphatic rings. The zero-order valence-corrected chi connectivity index (χ0v) is 17.8. The van der Waals surface area contributed by atoms with E-state index in [0.29, 0.717) is 18.8 Å². The van der Waals surface area contributed by atoms with Gasteiger partial charge in [-0.2, -0.15) is 0 Å². The number of hydrogen-bond acceptors (Lipinski definition) is 5. The first-order chi connectivity index (χ1) is 14.0. The molecule has 6 heteroatoms. The van der Waals surface area contributed by atoms with E-state index in [0.717, 1.165) is 35.1 Å². The summed E-state index contributed by atoms with van der Waals surface area (Å²) in [5.41, 5.74) is 5.22. The fourth-order valence-electron chi connectivity index (χ4n) is 3.67. The number of aromatic nitrogens is 1. The molecule has 0 atom stereocenters. The Morgan fingerprint density at radius 2 is 1.76 bits per heavy atom. The molecule has 0 unspecified atom stereocenters. The molecule has 1 aromatic heterocycles. The highest BCUT2D eigenvalue weighted by Gasteiger charge is 2.24. The van der Waals surface area contributed by atoms with Crippen LogP contribution in [0.2, 0.25) is 0 Å². The molecule has 2 aromatic carbocycles. The lowest BCUT2D eigenvalue weighted by Gasteiger charge is -2.35. The van der Waals surface area contributed by atoms with E-state index in [9.17, 15) is 4.79 Å². The Morgan fingerprint density at radius 1 is 1.03 bits per heavy atom. The Bertz CT molecular complexity index is 1010. The van der Waals surface area contributed by atoms with Crippen molar-refractivity contribution >= 4 is 22.9 Å². The Morgan fingerprint density at radius 3 is 2.41 bits per heavy atom. The lowest BCUT2D eigenvalue weighted by Crippen LogP contribution is -2.48. The molecule has 29 heavy (non-hydrogen) atoms. The van der Waals surface area contributed by atoms with Gasteiger partial charge in [-0.15, -0.1) is 11.3 Å². The highest BCUT2D eigenvalue weighted by molar-refractivity contribution is 7.13. The van der Waals surface area contributed by atoms with Crippen molar-refractivity contribution in [2.75, 3.05) is 38.2 Å². The van der Waals surface area contributed by atoms with Crippen molar-refractivity contribution in [2.45, 2.75) is 13.8 Å². The predicted molar refractivity (Wildman–Crippen MR) is 118 cm³/mol. The monoisotopic (exact) mass is 407 g/mol. The summed E-state index contributed by atoms with van der Waals surface area (Å²) in [7, 11) is 1.67. The van der Waals surface area contributed by atoms with Gasteiger partial charge in [0.25, 0.3) is 5.91 Å². The number of ether oxygens (including phenoxy) is 1. The van der Waals surface area contributed by atoms with Gasteiger partial charge in [-0.1, -0.05) is 23.8 Å². The summed E-state index contributed by atoms with van der Waals surface area (Å²) in [5, 5.41) is 2.79. The molecule has 1 aliphatic heterocycles. The normalized spacial score (nSPS) is 14.2. The van der Waals surface area contributed by atoms with Crippen LogP contribution in [0.4, 0.5) is 5.69 Å². The molecule has 2 heterocycles. The molecule has 0 aliphatic carbocycles. The lowest BCUT2D eigenvalue weighted by molar-refractivity contribution is 0.0742. The van der Waals surface area contributed by atoms with Crippen molar-refractivity contribution < 1.29 is 9.53 Å². The minimum atomic E-state index is 0.0200. The number of rotatable bonds is 4. The second kappa shape index (κ2) is 8.25. The third-order valence-corrected chi connectivity index (χ3v) is 6.22. The minimum Gasteiger partial charge on any atom is -0.497 e. The zero-order valence-electron chi connectivity index (χ0n) is 17.0. The topological polar surface area (TPSA) is 45.7 Å². The Labute approximate surface area is 175 Å². The first-order valence-corrected chi connectivity index (χ1v) is 10.6. The van der Waals surface area contributed by atoms with Crippen molar-refractivity contribution in [3.05, 3.63) is 64.7 Å². The number of aryl methyl sites for hydroxylation is 2. The van der Waals surface area contributed by atoms with E-state index in [1.54, 1.807) is 7.11 Å². The van der Waals surface area contributed by atoms with Crippen LogP contribution in [-0.4, -0.2) is 49.1 Å². The third kappa shape index (κ3) is 4.12. The summed E-state index contributed by atoms with van der Waals surface area (Å²) >= 11 is 1.53. The number of hydrogen-bond donors (Lipinski definition) is 0. The van der Waals surface area contributed by atoms with Gasteiger partial charge in [-0.3, -0.25) is 4.79 Å². The van der Waals surface area contributed by atoms with Crippen LogP contribution in [0, 0.1) is 13.8 Å². The van der Waals surface area contributed by atoms with Gasteiger partial charge in [0, 0.05) is 42.8 Å². The minimum absolute atomic E-state index is 0.0200. The van der Waals surface area contributed by atoms with Crippen LogP contribution in [0.5, 0.6) is 5.75 Å². The number of nitrogens with zero attached hydrogens (tertiary/aromatic N) is 3. The molecule has 1 saturated heterocycles. The van der Waals surface area contributed by atoms with Gasteiger partial charge >= 0.3 is 0 Å². The molecule has 0 N–H and O–H groups in total. The van der Waals surface area contributed by atoms with E-state index in [1.165, 1.54) is 22.5 Å². The van der Waals surface area contributed by atoms with Gasteiger partial charge in [0.1, 0.15) is 16.5 Å². The molecule has 1 fully saturated rings. The number of benzene rings is 2. The zero-order chi connectivity index (χ0) is 20.4. The van der Waals surface area contributed by atoms with E-state index in [2.05, 4.69) is 54.1 Å². The molecule has 5 nitrogen and oxygen atoms in total. The summed E-state index contributed by atoms with van der Waals surface area (Å²) in [4.78, 5) is 21.8. The molecular weight excluding hydrogens is 382 g/mol. The molecule has 0 saturated carbocycles. The quantitative estimate of drug-likeness (QED) is 0.643. The second-order valence-corrected chi connectivity index (χ2v) is 8.19. The van der Waals surface area contributed by atoms with Gasteiger partial charge in [0.2, 0.25) is 0 Å². The average Bonchev–Trinajstić information content (AvgIpc) is 3.23. The van der Waals surface area contributed by atoms with Crippen molar-refractivity contribution in [3.63, 3.8) is 0 Å². The Kier molecular flexibility index (Phi) is 5.53. The maximum atomic E-state index is 12.9. The highest BCUT2D eigenvalue weighted by atomic mass is 32.1. The fraction of sp³-hybridized carbons (Fsp3) is 0.304. The molecule has 3 aromatic rings. The van der Waals surface area contributed by atoms with Crippen molar-refractivity contribution in [2.24, 2.45) is 0 Å². The molecule has 150 valence electrons. The molecule has 0 bridgehead atoms. The van der Waals surface area contributed by atoms with Crippen LogP contribution in [-0.2, 0) is 0 Å². The number of methoxy groups -OCH3 is 1. The largest absolute Gasteiger partial charge is 0.497 e. The van der Waals surface area contributed by atoms with Crippen LogP contribution < -0.4 is 9.64 Å². The Balaban J connectivity index is 1.41. The number of thiazole rings is 1. The van der Waals surface area contributed by atoms with E-state index < -0.39 is 0 Å². The summed E-state index contributed by atoms with van der Waals surface area (Å²) < 4.78 is 5.22. The van der Waals surface area contributed by atoms with Crippen molar-refractivity contribution in [1.29, 1.82) is 0 Å². The van der Waals surface area contributed by atoms with Gasteiger partial charge in [-0.05, 0) is 43.7 Å². The van der Waals surface area contributed by atoms with Crippen LogP contribution in [0.3, 0.4) is 0 Å². The highest BCUT2D eigenvalue weighted by Crippen LogP contribution is 2.28. The third-order valence-electron chi connectivity index (χ3n) is 5.34. The number of anilines is 1. The SMILES string of the molecule is COc1ccc(N2CCN(C(=O)c3csc(-c4ccc(C)cc4C)n3)CC2)cc1. The van der Waals surface area contributed by atoms with E-state index in [-0.39, 0.29) is 5.91 Å². The number of amides is 1. The van der Waals surface area contributed by atoms with Gasteiger partial charge in [0.05, 0.1) is 7.11 Å². The summed E-state index contributed by atoms with van der Waals surface area (Å²) in [5.74, 6) is 0.873. The van der Waals surface area contributed by atoms with E-state index >= 15 is 0 Å². The van der Waals surface area contributed by atoms with Gasteiger partial charge < -0.3 is 14.5 Å². The smallest absolute Gasteiger partial charge is 0.273 e. The summed E-state index contributed by atoms with van der Waals surface area (Å²) in [6.07, 6.45) is 0. The number of piperazine rings is 1. The standard InChI is InChI=1S/C23H25N3O2S/c1-16-4-9-20(17(2)14-16)22-24-21(15-29-22)23(27)26-12-10-25(11-13-26)18-5-7-19(28-3)8-6-18/h4-9,14-15H,10-13H2,1-3H3.